The molecule has 3 nitrogen and oxygen atoms in total. The van der Waals surface area contributed by atoms with Crippen molar-refractivity contribution >= 4 is 16.7 Å². The number of rotatable bonds is 3. The molecule has 21 heavy (non-hydrogen) atoms. The SMILES string of the molecule is O=C(NC1CCC(CO)CC1)c1ccc2ccccc2c1. The zero-order valence-electron chi connectivity index (χ0n) is 12.1. The average molecular weight is 283 g/mol. The Balaban J connectivity index is 1.67. The molecule has 1 amide bonds. The van der Waals surface area contributed by atoms with Gasteiger partial charge in [-0.15, -0.1) is 0 Å². The molecule has 2 N–H and O–H groups in total. The predicted molar refractivity (Wildman–Crippen MR) is 84.2 cm³/mol. The second-order valence-electron chi connectivity index (χ2n) is 5.94. The van der Waals surface area contributed by atoms with Gasteiger partial charge in [0.05, 0.1) is 0 Å². The van der Waals surface area contributed by atoms with Gasteiger partial charge in [-0.1, -0.05) is 30.3 Å². The third-order valence-corrected chi connectivity index (χ3v) is 4.45. The molecule has 2 aromatic carbocycles. The van der Waals surface area contributed by atoms with Gasteiger partial charge in [-0.2, -0.15) is 0 Å². The number of benzene rings is 2. The topological polar surface area (TPSA) is 49.3 Å². The lowest BCUT2D eigenvalue weighted by molar-refractivity contribution is 0.0914. The molecule has 0 atom stereocenters. The van der Waals surface area contributed by atoms with Crippen LogP contribution in [0, 0.1) is 5.92 Å². The molecule has 1 fully saturated rings. The van der Waals surface area contributed by atoms with Crippen LogP contribution < -0.4 is 5.32 Å². The fourth-order valence-corrected chi connectivity index (χ4v) is 3.09. The predicted octanol–water partition coefficient (Wildman–Crippen LogP) is 3.12. The van der Waals surface area contributed by atoms with Crippen LogP contribution in [0.1, 0.15) is 36.0 Å². The van der Waals surface area contributed by atoms with Crippen LogP contribution in [-0.4, -0.2) is 23.7 Å². The van der Waals surface area contributed by atoms with Gasteiger partial charge in [0.25, 0.3) is 5.91 Å². The molecule has 1 aliphatic carbocycles. The lowest BCUT2D eigenvalue weighted by atomic mass is 9.86. The lowest BCUT2D eigenvalue weighted by Crippen LogP contribution is -2.38. The molecule has 0 radical (unpaired) electrons. The molecule has 0 heterocycles. The first-order valence-electron chi connectivity index (χ1n) is 7.67. The largest absolute Gasteiger partial charge is 0.396 e. The standard InChI is InChI=1S/C18H21NO2/c20-12-13-5-9-17(10-6-13)19-18(21)16-8-7-14-3-1-2-4-15(14)11-16/h1-4,7-8,11,13,17,20H,5-6,9-10,12H2,(H,19,21). The van der Waals surface area contributed by atoms with Gasteiger partial charge in [-0.05, 0) is 54.5 Å². The number of aliphatic hydroxyl groups is 1. The monoisotopic (exact) mass is 283 g/mol. The maximum Gasteiger partial charge on any atom is 0.251 e. The summed E-state index contributed by atoms with van der Waals surface area (Å²) in [6.07, 6.45) is 3.92. The summed E-state index contributed by atoms with van der Waals surface area (Å²) in [4.78, 5) is 12.3. The van der Waals surface area contributed by atoms with Crippen molar-refractivity contribution in [2.24, 2.45) is 5.92 Å². The summed E-state index contributed by atoms with van der Waals surface area (Å²) in [5.74, 6) is 0.423. The van der Waals surface area contributed by atoms with Crippen LogP contribution in [0.15, 0.2) is 42.5 Å². The lowest BCUT2D eigenvalue weighted by Gasteiger charge is -2.28. The zero-order chi connectivity index (χ0) is 14.7. The summed E-state index contributed by atoms with van der Waals surface area (Å²) in [6, 6.07) is 14.1. The minimum absolute atomic E-state index is 0.00759. The number of carbonyl (C=O) groups excluding carboxylic acids is 1. The Morgan fingerprint density at radius 1 is 1.05 bits per heavy atom. The maximum atomic E-state index is 12.3. The van der Waals surface area contributed by atoms with Gasteiger partial charge in [-0.25, -0.2) is 0 Å². The molecule has 2 aromatic rings. The Bertz CT molecular complexity index is 630. The molecule has 110 valence electrons. The number of nitrogens with one attached hydrogen (secondary N) is 1. The van der Waals surface area contributed by atoms with Gasteiger partial charge in [0.1, 0.15) is 0 Å². The zero-order valence-corrected chi connectivity index (χ0v) is 12.1. The minimum Gasteiger partial charge on any atom is -0.396 e. The van der Waals surface area contributed by atoms with Gasteiger partial charge >= 0.3 is 0 Å². The van der Waals surface area contributed by atoms with E-state index < -0.39 is 0 Å². The molecule has 0 bridgehead atoms. The number of amides is 1. The van der Waals surface area contributed by atoms with Gasteiger partial charge in [-0.3, -0.25) is 4.79 Å². The van der Waals surface area contributed by atoms with Crippen LogP contribution in [0.5, 0.6) is 0 Å². The van der Waals surface area contributed by atoms with Crippen molar-refractivity contribution in [1.82, 2.24) is 5.32 Å². The third kappa shape index (κ3) is 3.24. The summed E-state index contributed by atoms with van der Waals surface area (Å²) in [7, 11) is 0. The number of hydrogen-bond acceptors (Lipinski definition) is 2. The molecule has 0 saturated heterocycles. The van der Waals surface area contributed by atoms with E-state index in [2.05, 4.69) is 5.32 Å². The second-order valence-corrected chi connectivity index (χ2v) is 5.94. The van der Waals surface area contributed by atoms with Crippen molar-refractivity contribution in [3.63, 3.8) is 0 Å². The first kappa shape index (κ1) is 14.1. The van der Waals surface area contributed by atoms with E-state index in [9.17, 15) is 4.79 Å². The summed E-state index contributed by atoms with van der Waals surface area (Å²) >= 11 is 0. The Hall–Kier alpha value is -1.87. The molecule has 0 aromatic heterocycles. The van der Waals surface area contributed by atoms with Crippen molar-refractivity contribution in [3.05, 3.63) is 48.0 Å². The molecular formula is C18H21NO2. The minimum atomic E-state index is 0.00759. The highest BCUT2D eigenvalue weighted by Gasteiger charge is 2.22. The quantitative estimate of drug-likeness (QED) is 0.909. The Morgan fingerprint density at radius 2 is 1.76 bits per heavy atom. The summed E-state index contributed by atoms with van der Waals surface area (Å²) in [6.45, 7) is 0.269. The van der Waals surface area contributed by atoms with Gasteiger partial charge in [0.2, 0.25) is 0 Å². The molecule has 1 saturated carbocycles. The number of carbonyl (C=O) groups is 1. The van der Waals surface area contributed by atoms with Crippen LogP contribution in [0.2, 0.25) is 0 Å². The van der Waals surface area contributed by atoms with Gasteiger partial charge < -0.3 is 10.4 Å². The van der Waals surface area contributed by atoms with E-state index in [1.165, 1.54) is 0 Å². The van der Waals surface area contributed by atoms with E-state index in [4.69, 9.17) is 5.11 Å². The van der Waals surface area contributed by atoms with Crippen molar-refractivity contribution in [1.29, 1.82) is 0 Å². The van der Waals surface area contributed by atoms with Crippen LogP contribution in [0.3, 0.4) is 0 Å². The van der Waals surface area contributed by atoms with Gasteiger partial charge in [0.15, 0.2) is 0 Å². The first-order valence-corrected chi connectivity index (χ1v) is 7.67. The number of aliphatic hydroxyl groups excluding tert-OH is 1. The van der Waals surface area contributed by atoms with Crippen LogP contribution >= 0.6 is 0 Å². The molecule has 3 heteroatoms. The maximum absolute atomic E-state index is 12.3. The van der Waals surface area contributed by atoms with E-state index in [1.807, 2.05) is 42.5 Å². The van der Waals surface area contributed by atoms with Crippen molar-refractivity contribution in [2.45, 2.75) is 31.7 Å². The van der Waals surface area contributed by atoms with Crippen LogP contribution in [-0.2, 0) is 0 Å². The van der Waals surface area contributed by atoms with Crippen molar-refractivity contribution in [3.8, 4) is 0 Å². The molecule has 0 aliphatic heterocycles. The highest BCUT2D eigenvalue weighted by molar-refractivity contribution is 5.98. The summed E-state index contributed by atoms with van der Waals surface area (Å²) in [5.41, 5.74) is 0.720. The van der Waals surface area contributed by atoms with E-state index in [-0.39, 0.29) is 18.6 Å². The van der Waals surface area contributed by atoms with E-state index in [0.717, 1.165) is 42.0 Å². The van der Waals surface area contributed by atoms with Crippen LogP contribution in [0.25, 0.3) is 10.8 Å². The van der Waals surface area contributed by atoms with Crippen LogP contribution in [0.4, 0.5) is 0 Å². The van der Waals surface area contributed by atoms with Gasteiger partial charge in [0, 0.05) is 18.2 Å². The third-order valence-electron chi connectivity index (χ3n) is 4.45. The number of hydrogen-bond donors (Lipinski definition) is 2. The fraction of sp³-hybridized carbons (Fsp3) is 0.389. The second kappa shape index (κ2) is 6.27. The van der Waals surface area contributed by atoms with Crippen molar-refractivity contribution in [2.75, 3.05) is 6.61 Å². The Morgan fingerprint density at radius 3 is 2.48 bits per heavy atom. The van der Waals surface area contributed by atoms with Crippen molar-refractivity contribution < 1.29 is 9.90 Å². The Labute approximate surface area is 125 Å². The van der Waals surface area contributed by atoms with E-state index in [0.29, 0.717) is 5.92 Å². The average Bonchev–Trinajstić information content (AvgIpc) is 2.55. The fourth-order valence-electron chi connectivity index (χ4n) is 3.09. The highest BCUT2D eigenvalue weighted by atomic mass is 16.3. The summed E-state index contributed by atoms with van der Waals surface area (Å²) < 4.78 is 0. The first-order chi connectivity index (χ1) is 10.3. The Kier molecular flexibility index (Phi) is 4.20. The number of fused-ring (bicyclic) bond motifs is 1. The summed E-state index contributed by atoms with van der Waals surface area (Å²) in [5, 5.41) is 14.5. The van der Waals surface area contributed by atoms with E-state index >= 15 is 0 Å². The molecule has 1 aliphatic rings. The molecule has 0 spiro atoms. The normalized spacial score (nSPS) is 22.1. The highest BCUT2D eigenvalue weighted by Crippen LogP contribution is 2.24. The molecule has 3 rings (SSSR count). The smallest absolute Gasteiger partial charge is 0.251 e. The molecule has 0 unspecified atom stereocenters. The van der Waals surface area contributed by atoms with E-state index in [1.54, 1.807) is 0 Å². The molecular weight excluding hydrogens is 262 g/mol.